The Morgan fingerprint density at radius 2 is 1.83 bits per heavy atom. The van der Waals surface area contributed by atoms with Crippen molar-refractivity contribution < 1.29 is 4.79 Å². The topological polar surface area (TPSA) is 64.9 Å². The summed E-state index contributed by atoms with van der Waals surface area (Å²) in [6.45, 7) is 0. The lowest BCUT2D eigenvalue weighted by atomic mass is 10.0. The predicted molar refractivity (Wildman–Crippen MR) is 89.8 cm³/mol. The average molecular weight is 305 g/mol. The molecule has 3 rings (SSSR count). The first-order valence-corrected chi connectivity index (χ1v) is 7.84. The molecule has 4 nitrogen and oxygen atoms in total. The van der Waals surface area contributed by atoms with Crippen molar-refractivity contribution in [3.63, 3.8) is 0 Å². The molecule has 0 bridgehead atoms. The molecule has 2 aromatic rings. The van der Waals surface area contributed by atoms with Gasteiger partial charge < -0.3 is 10.6 Å². The van der Waals surface area contributed by atoms with E-state index in [1.165, 1.54) is 0 Å². The molecule has 2 N–H and O–H groups in total. The maximum absolute atomic E-state index is 12.3. The Kier molecular flexibility index (Phi) is 4.58. The van der Waals surface area contributed by atoms with Crippen LogP contribution in [0.5, 0.6) is 0 Å². The largest absolute Gasteiger partial charge is 0.331 e. The van der Waals surface area contributed by atoms with E-state index in [1.807, 2.05) is 42.5 Å². The van der Waals surface area contributed by atoms with E-state index in [0.717, 1.165) is 29.7 Å². The second kappa shape index (κ2) is 6.97. The van der Waals surface area contributed by atoms with Gasteiger partial charge in [-0.05, 0) is 42.0 Å². The van der Waals surface area contributed by atoms with Gasteiger partial charge in [0, 0.05) is 5.69 Å². The molecule has 2 aromatic carbocycles. The quantitative estimate of drug-likeness (QED) is 0.876. The van der Waals surface area contributed by atoms with E-state index in [9.17, 15) is 4.79 Å². The molecule has 0 aromatic heterocycles. The molecule has 0 saturated heterocycles. The number of nitriles is 1. The highest BCUT2D eigenvalue weighted by atomic mass is 16.2. The van der Waals surface area contributed by atoms with Crippen LogP contribution in [-0.4, -0.2) is 6.03 Å². The van der Waals surface area contributed by atoms with Crippen molar-refractivity contribution in [2.24, 2.45) is 5.92 Å². The minimum atomic E-state index is -0.196. The van der Waals surface area contributed by atoms with Gasteiger partial charge in [-0.1, -0.05) is 42.5 Å². The van der Waals surface area contributed by atoms with Crippen LogP contribution in [0.25, 0.3) is 0 Å². The fourth-order valence-corrected chi connectivity index (χ4v) is 2.67. The first kappa shape index (κ1) is 15.1. The summed E-state index contributed by atoms with van der Waals surface area (Å²) >= 11 is 0. The normalized spacial score (nSPS) is 14.6. The predicted octanol–water partition coefficient (Wildman–Crippen LogP) is 4.03. The van der Waals surface area contributed by atoms with Gasteiger partial charge in [0.25, 0.3) is 0 Å². The van der Waals surface area contributed by atoms with Crippen LogP contribution in [-0.2, 0) is 6.42 Å². The number of benzene rings is 2. The molecule has 4 heteroatoms. The van der Waals surface area contributed by atoms with E-state index in [1.54, 1.807) is 0 Å². The molecule has 1 saturated carbocycles. The van der Waals surface area contributed by atoms with Gasteiger partial charge in [-0.3, -0.25) is 0 Å². The molecular weight excluding hydrogens is 286 g/mol. The van der Waals surface area contributed by atoms with Crippen molar-refractivity contribution >= 4 is 11.7 Å². The van der Waals surface area contributed by atoms with Gasteiger partial charge in [0.2, 0.25) is 0 Å². The Morgan fingerprint density at radius 1 is 1.13 bits per heavy atom. The number of rotatable bonds is 5. The first-order chi connectivity index (χ1) is 11.3. The van der Waals surface area contributed by atoms with Crippen molar-refractivity contribution in [3.05, 3.63) is 65.7 Å². The van der Waals surface area contributed by atoms with Crippen molar-refractivity contribution in [1.82, 2.24) is 5.32 Å². The minimum absolute atomic E-state index is 0.0639. The number of carbonyl (C=O) groups excluding carboxylic acids is 1. The molecule has 0 heterocycles. The Hall–Kier alpha value is -2.80. The number of urea groups is 1. The van der Waals surface area contributed by atoms with Crippen molar-refractivity contribution in [2.75, 3.05) is 5.32 Å². The summed E-state index contributed by atoms with van der Waals surface area (Å²) in [6, 6.07) is 19.4. The molecule has 0 spiro atoms. The van der Waals surface area contributed by atoms with E-state index in [4.69, 9.17) is 5.26 Å². The van der Waals surface area contributed by atoms with Gasteiger partial charge in [-0.2, -0.15) is 5.26 Å². The van der Waals surface area contributed by atoms with E-state index >= 15 is 0 Å². The number of carbonyl (C=O) groups is 1. The second-order valence-electron chi connectivity index (χ2n) is 5.86. The van der Waals surface area contributed by atoms with Crippen LogP contribution >= 0.6 is 0 Å². The highest BCUT2D eigenvalue weighted by molar-refractivity contribution is 5.89. The third-order valence-corrected chi connectivity index (χ3v) is 4.03. The molecule has 1 fully saturated rings. The van der Waals surface area contributed by atoms with Crippen LogP contribution < -0.4 is 10.6 Å². The lowest BCUT2D eigenvalue weighted by Gasteiger charge is -2.19. The lowest BCUT2D eigenvalue weighted by molar-refractivity contribution is 0.247. The zero-order chi connectivity index (χ0) is 16.1. The van der Waals surface area contributed by atoms with Crippen LogP contribution in [0.3, 0.4) is 0 Å². The lowest BCUT2D eigenvalue weighted by Crippen LogP contribution is -2.33. The Bertz CT molecular complexity index is 700. The second-order valence-corrected chi connectivity index (χ2v) is 5.86. The number of anilines is 1. The SMILES string of the molecule is N#CCc1ccc(NC(=O)NC(c2ccccc2)C2CC2)cc1. The summed E-state index contributed by atoms with van der Waals surface area (Å²) in [5.74, 6) is 0.529. The molecular formula is C19H19N3O. The molecule has 116 valence electrons. The number of nitrogens with one attached hydrogen (secondary N) is 2. The number of hydrogen-bond acceptors (Lipinski definition) is 2. The van der Waals surface area contributed by atoms with Crippen LogP contribution in [0.2, 0.25) is 0 Å². The van der Waals surface area contributed by atoms with Gasteiger partial charge in [0.1, 0.15) is 0 Å². The number of amides is 2. The van der Waals surface area contributed by atoms with Gasteiger partial charge >= 0.3 is 6.03 Å². The first-order valence-electron chi connectivity index (χ1n) is 7.84. The zero-order valence-electron chi connectivity index (χ0n) is 12.8. The summed E-state index contributed by atoms with van der Waals surface area (Å²) in [6.07, 6.45) is 2.69. The summed E-state index contributed by atoms with van der Waals surface area (Å²) in [4.78, 5) is 12.3. The van der Waals surface area contributed by atoms with Gasteiger partial charge in [0.05, 0.1) is 18.5 Å². The Morgan fingerprint density at radius 3 is 2.43 bits per heavy atom. The molecule has 1 unspecified atom stereocenters. The number of nitrogens with zero attached hydrogens (tertiary/aromatic N) is 1. The average Bonchev–Trinajstić information content (AvgIpc) is 3.40. The van der Waals surface area contributed by atoms with E-state index < -0.39 is 0 Å². The fraction of sp³-hybridized carbons (Fsp3) is 0.263. The molecule has 1 aliphatic rings. The third kappa shape index (κ3) is 4.10. The monoisotopic (exact) mass is 305 g/mol. The van der Waals surface area contributed by atoms with E-state index in [2.05, 4.69) is 28.8 Å². The maximum atomic E-state index is 12.3. The van der Waals surface area contributed by atoms with Gasteiger partial charge in [-0.15, -0.1) is 0 Å². The Labute approximate surface area is 136 Å². The Balaban J connectivity index is 1.62. The minimum Gasteiger partial charge on any atom is -0.331 e. The van der Waals surface area contributed by atoms with Crippen LogP contribution in [0.4, 0.5) is 10.5 Å². The van der Waals surface area contributed by atoms with E-state index in [-0.39, 0.29) is 12.1 Å². The van der Waals surface area contributed by atoms with Crippen molar-refractivity contribution in [3.8, 4) is 6.07 Å². The van der Waals surface area contributed by atoms with Crippen molar-refractivity contribution in [1.29, 1.82) is 5.26 Å². The standard InChI is InChI=1S/C19H19N3O/c20-13-12-14-6-10-17(11-7-14)21-19(23)22-18(16-8-9-16)15-4-2-1-3-5-15/h1-7,10-11,16,18H,8-9,12H2,(H2,21,22,23). The summed E-state index contributed by atoms with van der Waals surface area (Å²) in [7, 11) is 0. The molecule has 0 aliphatic heterocycles. The summed E-state index contributed by atoms with van der Waals surface area (Å²) in [5.41, 5.74) is 2.82. The molecule has 2 amide bonds. The maximum Gasteiger partial charge on any atom is 0.319 e. The highest BCUT2D eigenvalue weighted by Gasteiger charge is 2.33. The molecule has 23 heavy (non-hydrogen) atoms. The smallest absolute Gasteiger partial charge is 0.319 e. The van der Waals surface area contributed by atoms with Crippen LogP contribution in [0.1, 0.15) is 30.0 Å². The fourth-order valence-electron chi connectivity index (χ4n) is 2.67. The molecule has 0 radical (unpaired) electrons. The highest BCUT2D eigenvalue weighted by Crippen LogP contribution is 2.40. The zero-order valence-corrected chi connectivity index (χ0v) is 12.8. The molecule has 1 atom stereocenters. The van der Waals surface area contributed by atoms with Crippen LogP contribution in [0.15, 0.2) is 54.6 Å². The third-order valence-electron chi connectivity index (χ3n) is 4.03. The summed E-state index contributed by atoms with van der Waals surface area (Å²) < 4.78 is 0. The molecule has 1 aliphatic carbocycles. The van der Waals surface area contributed by atoms with Crippen molar-refractivity contribution in [2.45, 2.75) is 25.3 Å². The van der Waals surface area contributed by atoms with Gasteiger partial charge in [0.15, 0.2) is 0 Å². The number of hydrogen-bond donors (Lipinski definition) is 2. The van der Waals surface area contributed by atoms with E-state index in [0.29, 0.717) is 12.3 Å². The van der Waals surface area contributed by atoms with Crippen LogP contribution in [0, 0.1) is 17.2 Å². The summed E-state index contributed by atoms with van der Waals surface area (Å²) in [5, 5.41) is 14.6. The van der Waals surface area contributed by atoms with Gasteiger partial charge in [-0.25, -0.2) is 4.79 Å².